The van der Waals surface area contributed by atoms with Crippen LogP contribution in [0.15, 0.2) is 30.3 Å². The second kappa shape index (κ2) is 7.14. The van der Waals surface area contributed by atoms with Crippen molar-refractivity contribution < 1.29 is 19.4 Å². The maximum Gasteiger partial charge on any atom is 0.410 e. The van der Waals surface area contributed by atoms with E-state index in [-0.39, 0.29) is 16.1 Å². The third-order valence-corrected chi connectivity index (χ3v) is 5.31. The quantitative estimate of drug-likeness (QED) is 0.591. The average molecular weight is 417 g/mol. The van der Waals surface area contributed by atoms with E-state index in [0.29, 0.717) is 19.8 Å². The molecule has 2 saturated heterocycles. The third kappa shape index (κ3) is 3.38. The summed E-state index contributed by atoms with van der Waals surface area (Å²) in [6.45, 7) is 1.65. The molecule has 1 aromatic carbocycles. The van der Waals surface area contributed by atoms with Crippen LogP contribution in [0.3, 0.4) is 0 Å². The molecule has 0 spiro atoms. The zero-order valence-corrected chi connectivity index (χ0v) is 14.4. The first-order valence-electron chi connectivity index (χ1n) is 7.58. The van der Waals surface area contributed by atoms with E-state index in [1.807, 2.05) is 30.3 Å². The van der Waals surface area contributed by atoms with E-state index >= 15 is 0 Å². The van der Waals surface area contributed by atoms with Crippen molar-refractivity contribution in [3.63, 3.8) is 0 Å². The number of cyclic esters (lactones) is 1. The Morgan fingerprint density at radius 3 is 2.95 bits per heavy atom. The van der Waals surface area contributed by atoms with Gasteiger partial charge in [-0.1, -0.05) is 52.9 Å². The van der Waals surface area contributed by atoms with Gasteiger partial charge in [-0.25, -0.2) is 4.79 Å². The minimum Gasteiger partial charge on any atom is -0.442 e. The number of benzene rings is 1. The van der Waals surface area contributed by atoms with Gasteiger partial charge in [0.2, 0.25) is 0 Å². The second-order valence-electron chi connectivity index (χ2n) is 5.76. The molecule has 2 aliphatic heterocycles. The molecular formula is C16H20INO4. The SMILES string of the molecule is O=C1O[C@@H]([C@@H](I)COCc2ccccc2)[C@@H](O)[C@@H]2CCCN12. The predicted octanol–water partition coefficient (Wildman–Crippen LogP) is 2.35. The fourth-order valence-electron chi connectivity index (χ4n) is 3.09. The largest absolute Gasteiger partial charge is 0.442 e. The lowest BCUT2D eigenvalue weighted by Gasteiger charge is -2.40. The van der Waals surface area contributed by atoms with E-state index in [9.17, 15) is 9.90 Å². The van der Waals surface area contributed by atoms with Crippen molar-refractivity contribution in [2.24, 2.45) is 0 Å². The summed E-state index contributed by atoms with van der Waals surface area (Å²) in [5.41, 5.74) is 1.11. The Labute approximate surface area is 143 Å². The zero-order valence-electron chi connectivity index (χ0n) is 12.2. The highest BCUT2D eigenvalue weighted by Crippen LogP contribution is 2.31. The van der Waals surface area contributed by atoms with Crippen molar-refractivity contribution in [3.05, 3.63) is 35.9 Å². The number of nitrogens with zero attached hydrogens (tertiary/aromatic N) is 1. The second-order valence-corrected chi connectivity index (χ2v) is 7.36. The summed E-state index contributed by atoms with van der Waals surface area (Å²) in [5.74, 6) is 0. The van der Waals surface area contributed by atoms with Gasteiger partial charge in [0.1, 0.15) is 12.2 Å². The van der Waals surface area contributed by atoms with E-state index in [2.05, 4.69) is 22.6 Å². The highest BCUT2D eigenvalue weighted by atomic mass is 127. The van der Waals surface area contributed by atoms with Gasteiger partial charge < -0.3 is 19.5 Å². The monoisotopic (exact) mass is 417 g/mol. The Morgan fingerprint density at radius 1 is 1.41 bits per heavy atom. The van der Waals surface area contributed by atoms with Gasteiger partial charge in [0.25, 0.3) is 0 Å². The maximum atomic E-state index is 12.0. The number of hydrogen-bond acceptors (Lipinski definition) is 4. The molecule has 3 rings (SSSR count). The van der Waals surface area contributed by atoms with Crippen LogP contribution in [0.2, 0.25) is 0 Å². The minimum absolute atomic E-state index is 0.0667. The van der Waals surface area contributed by atoms with Crippen LogP contribution in [0.4, 0.5) is 4.79 Å². The molecule has 1 aromatic rings. The third-order valence-electron chi connectivity index (χ3n) is 4.25. The number of alkyl halides is 1. The van der Waals surface area contributed by atoms with Crippen molar-refractivity contribution >= 4 is 28.7 Å². The molecule has 2 heterocycles. The number of amides is 1. The molecule has 1 N–H and O–H groups in total. The van der Waals surface area contributed by atoms with Crippen LogP contribution in [0.5, 0.6) is 0 Å². The summed E-state index contributed by atoms with van der Waals surface area (Å²) in [6.07, 6.45) is 0.342. The van der Waals surface area contributed by atoms with Crippen LogP contribution in [0.1, 0.15) is 18.4 Å². The minimum atomic E-state index is -0.637. The van der Waals surface area contributed by atoms with Crippen molar-refractivity contribution in [1.29, 1.82) is 0 Å². The fourth-order valence-corrected chi connectivity index (χ4v) is 3.92. The zero-order chi connectivity index (χ0) is 15.5. The van der Waals surface area contributed by atoms with E-state index in [4.69, 9.17) is 9.47 Å². The number of hydrogen-bond donors (Lipinski definition) is 1. The van der Waals surface area contributed by atoms with E-state index in [1.165, 1.54) is 0 Å². The van der Waals surface area contributed by atoms with Gasteiger partial charge in [-0.2, -0.15) is 0 Å². The molecule has 0 bridgehead atoms. The first-order valence-corrected chi connectivity index (χ1v) is 8.82. The average Bonchev–Trinajstić information content (AvgIpc) is 3.02. The van der Waals surface area contributed by atoms with Gasteiger partial charge in [0.05, 0.1) is 23.2 Å². The number of carbonyl (C=O) groups excluding carboxylic acids is 1. The highest BCUT2D eigenvalue weighted by molar-refractivity contribution is 14.1. The van der Waals surface area contributed by atoms with Crippen LogP contribution in [0, 0.1) is 0 Å². The molecule has 6 heteroatoms. The first kappa shape index (κ1) is 16.0. The lowest BCUT2D eigenvalue weighted by Crippen LogP contribution is -2.58. The van der Waals surface area contributed by atoms with E-state index in [0.717, 1.165) is 18.4 Å². The topological polar surface area (TPSA) is 59.0 Å². The Hall–Kier alpha value is -0.860. The number of aliphatic hydroxyl groups is 1. The highest BCUT2D eigenvalue weighted by Gasteiger charge is 2.47. The number of carbonyl (C=O) groups is 1. The molecule has 4 atom stereocenters. The molecule has 0 aromatic heterocycles. The number of ether oxygens (including phenoxy) is 2. The molecule has 5 nitrogen and oxygen atoms in total. The molecule has 0 radical (unpaired) electrons. The molecule has 0 unspecified atom stereocenters. The molecule has 0 aliphatic carbocycles. The molecule has 1 amide bonds. The summed E-state index contributed by atoms with van der Waals surface area (Å²) in [6, 6.07) is 9.83. The summed E-state index contributed by atoms with van der Waals surface area (Å²) >= 11 is 2.20. The van der Waals surface area contributed by atoms with Crippen LogP contribution >= 0.6 is 22.6 Å². The van der Waals surface area contributed by atoms with Crippen LogP contribution < -0.4 is 0 Å². The Morgan fingerprint density at radius 2 is 2.18 bits per heavy atom. The van der Waals surface area contributed by atoms with Crippen molar-refractivity contribution in [2.75, 3.05) is 13.2 Å². The Bertz CT molecular complexity index is 512. The van der Waals surface area contributed by atoms with Gasteiger partial charge in [-0.05, 0) is 18.4 Å². The predicted molar refractivity (Wildman–Crippen MR) is 89.9 cm³/mol. The number of rotatable bonds is 5. The maximum absolute atomic E-state index is 12.0. The summed E-state index contributed by atoms with van der Waals surface area (Å²) in [5, 5.41) is 10.5. The normalized spacial score (nSPS) is 29.1. The first-order chi connectivity index (χ1) is 10.7. The number of aliphatic hydroxyl groups excluding tert-OH is 1. The summed E-state index contributed by atoms with van der Waals surface area (Å²) in [7, 11) is 0. The van der Waals surface area contributed by atoms with Crippen molar-refractivity contribution in [2.45, 2.75) is 41.6 Å². The number of fused-ring (bicyclic) bond motifs is 1. The molecule has 2 aliphatic rings. The molecule has 120 valence electrons. The molecular weight excluding hydrogens is 397 g/mol. The van der Waals surface area contributed by atoms with Crippen LogP contribution in [0.25, 0.3) is 0 Å². The summed E-state index contributed by atoms with van der Waals surface area (Å²) in [4.78, 5) is 13.6. The molecule has 2 fully saturated rings. The summed E-state index contributed by atoms with van der Waals surface area (Å²) < 4.78 is 11.1. The van der Waals surface area contributed by atoms with Gasteiger partial charge >= 0.3 is 6.09 Å². The number of halogens is 1. The van der Waals surface area contributed by atoms with Crippen LogP contribution in [-0.4, -0.2) is 51.4 Å². The Kier molecular flexibility index (Phi) is 5.20. The van der Waals surface area contributed by atoms with E-state index < -0.39 is 12.2 Å². The fraction of sp³-hybridized carbons (Fsp3) is 0.562. The standard InChI is InChI=1S/C16H20INO4/c17-12(10-21-9-11-5-2-1-3-6-11)15-14(19)13-7-4-8-18(13)16(20)22-15/h1-3,5-6,12-15,19H,4,7-10H2/t12-,13-,14-,15-/m0/s1. The van der Waals surface area contributed by atoms with Gasteiger partial charge in [0, 0.05) is 6.54 Å². The molecule has 0 saturated carbocycles. The van der Waals surface area contributed by atoms with Gasteiger partial charge in [-0.15, -0.1) is 0 Å². The van der Waals surface area contributed by atoms with E-state index in [1.54, 1.807) is 4.90 Å². The lowest BCUT2D eigenvalue weighted by molar-refractivity contribution is -0.0835. The van der Waals surface area contributed by atoms with Crippen molar-refractivity contribution in [3.8, 4) is 0 Å². The van der Waals surface area contributed by atoms with Gasteiger partial charge in [0.15, 0.2) is 0 Å². The molecule has 22 heavy (non-hydrogen) atoms. The van der Waals surface area contributed by atoms with Crippen molar-refractivity contribution in [1.82, 2.24) is 4.90 Å². The van der Waals surface area contributed by atoms with Crippen LogP contribution in [-0.2, 0) is 16.1 Å². The Balaban J connectivity index is 1.53. The van der Waals surface area contributed by atoms with Gasteiger partial charge in [-0.3, -0.25) is 0 Å². The lowest BCUT2D eigenvalue weighted by atomic mass is 9.99. The smallest absolute Gasteiger partial charge is 0.410 e.